The van der Waals surface area contributed by atoms with E-state index in [0.717, 1.165) is 94.9 Å². The van der Waals surface area contributed by atoms with E-state index in [0.29, 0.717) is 53.5 Å². The number of nitro benzene ring substituents is 1. The van der Waals surface area contributed by atoms with Gasteiger partial charge in [0.05, 0.1) is 39.3 Å². The van der Waals surface area contributed by atoms with Gasteiger partial charge in [0.2, 0.25) is 0 Å². The Morgan fingerprint density at radius 1 is 0.960 bits per heavy atom. The zero-order valence-electron chi connectivity index (χ0n) is 43.1. The molecule has 75 heavy (non-hydrogen) atoms. The summed E-state index contributed by atoms with van der Waals surface area (Å²) in [6.45, 7) is 12.1. The maximum atomic E-state index is 14.1. The summed E-state index contributed by atoms with van der Waals surface area (Å²) in [5, 5.41) is 27.1. The van der Waals surface area contributed by atoms with Crippen molar-refractivity contribution in [1.82, 2.24) is 24.5 Å². The number of aromatic nitrogens is 2. The molecule has 1 unspecified atom stereocenters. The van der Waals surface area contributed by atoms with Crippen LogP contribution < -0.4 is 24.4 Å². The summed E-state index contributed by atoms with van der Waals surface area (Å²) in [4.78, 5) is 40.5. The molecule has 2 aromatic heterocycles. The third-order valence-corrected chi connectivity index (χ3v) is 18.0. The smallest absolute Gasteiger partial charge is 0.293 e. The molecule has 2 aliphatic carbocycles. The monoisotopic (exact) mass is 1060 g/mol. The van der Waals surface area contributed by atoms with Gasteiger partial charge in [0.25, 0.3) is 21.6 Å². The van der Waals surface area contributed by atoms with Gasteiger partial charge in [-0.25, -0.2) is 18.1 Å². The fraction of sp³-hybridized carbons (Fsp3) is 0.439. The molecule has 4 aromatic carbocycles. The number of rotatable bonds is 16. The average molecular weight is 1060 g/mol. The summed E-state index contributed by atoms with van der Waals surface area (Å²) in [5.74, 6) is 0.809. The van der Waals surface area contributed by atoms with Gasteiger partial charge >= 0.3 is 0 Å². The normalized spacial score (nSPS) is 21.5. The molecule has 1 atom stereocenters. The number of hydrogen-bond donors (Lipinski definition) is 4. The number of H-pyrrole nitrogens is 1. The third kappa shape index (κ3) is 11.5. The van der Waals surface area contributed by atoms with Gasteiger partial charge in [0, 0.05) is 87.3 Å². The Morgan fingerprint density at radius 2 is 1.73 bits per heavy atom. The Kier molecular flexibility index (Phi) is 14.9. The molecule has 2 saturated carbocycles. The van der Waals surface area contributed by atoms with E-state index in [9.17, 15) is 28.4 Å². The maximum absolute atomic E-state index is 14.1. The van der Waals surface area contributed by atoms with Crippen molar-refractivity contribution in [2.75, 3.05) is 56.6 Å². The molecule has 2 aliphatic heterocycles. The van der Waals surface area contributed by atoms with Crippen LogP contribution in [0.2, 0.25) is 5.02 Å². The summed E-state index contributed by atoms with van der Waals surface area (Å²) in [7, 11) is -2.96. The van der Waals surface area contributed by atoms with Crippen LogP contribution in [0.25, 0.3) is 11.0 Å². The van der Waals surface area contributed by atoms with Crippen LogP contribution in [0.1, 0.15) is 111 Å². The first-order valence-electron chi connectivity index (χ1n) is 26.2. The zero-order chi connectivity index (χ0) is 52.6. The standard InChI is InChI=1S/C57H67ClN8O8S/c1-37(2)45-7-5-6-8-46(45)51-36-63(35-39-9-14-52(73-4)48(58)27-39)25-26-65(51)42-31-57(32-42)20-23-64(24-21-57)41-10-12-47(53(29-41)74-43-28-40-17-22-59-54(40)61-34-43)55(67)62-75(71,72)44-11-13-49(50(30-44)66(69)70)60-33-38-15-18-56(3,68)19-16-38/h5-14,17,22,27-30,34,37-38,42,51,60,68H,15-16,18-21,23-26,31-33,35-36H2,1-4H3,(H,59,61)(H,62,67)/t38-,51?,56-. The molecule has 10 rings (SSSR count). The van der Waals surface area contributed by atoms with Crippen molar-refractivity contribution in [1.29, 1.82) is 0 Å². The van der Waals surface area contributed by atoms with Gasteiger partial charge in [-0.05, 0) is 141 Å². The molecule has 396 valence electrons. The van der Waals surface area contributed by atoms with Crippen LogP contribution in [0.5, 0.6) is 17.2 Å². The second-order valence-corrected chi connectivity index (χ2v) is 23.9. The molecule has 1 amide bonds. The van der Waals surface area contributed by atoms with Crippen LogP contribution in [0, 0.1) is 21.4 Å². The fourth-order valence-corrected chi connectivity index (χ4v) is 13.3. The number of aliphatic hydroxyl groups is 1. The predicted octanol–water partition coefficient (Wildman–Crippen LogP) is 10.8. The molecule has 4 heterocycles. The molecule has 4 fully saturated rings. The van der Waals surface area contributed by atoms with Crippen LogP contribution in [-0.4, -0.2) is 102 Å². The molecule has 0 radical (unpaired) electrons. The molecule has 0 bridgehead atoms. The molecular formula is C57H67ClN8O8S. The van der Waals surface area contributed by atoms with Crippen LogP contribution in [-0.2, 0) is 16.6 Å². The number of nitrogens with one attached hydrogen (secondary N) is 3. The number of ether oxygens (including phenoxy) is 2. The topological polar surface area (TPSA) is 195 Å². The number of sulfonamides is 1. The quantitative estimate of drug-likeness (QED) is 0.0529. The lowest BCUT2D eigenvalue weighted by atomic mass is 9.59. The van der Waals surface area contributed by atoms with Crippen molar-refractivity contribution in [2.24, 2.45) is 11.3 Å². The van der Waals surface area contributed by atoms with Crippen molar-refractivity contribution < 1.29 is 32.7 Å². The second-order valence-electron chi connectivity index (χ2n) is 21.9. The number of nitrogens with zero attached hydrogens (tertiary/aromatic N) is 5. The number of pyridine rings is 1. The van der Waals surface area contributed by atoms with Crippen LogP contribution in [0.15, 0.2) is 108 Å². The lowest BCUT2D eigenvalue weighted by molar-refractivity contribution is -0.384. The Balaban J connectivity index is 0.831. The van der Waals surface area contributed by atoms with Gasteiger partial charge < -0.3 is 29.8 Å². The number of benzene rings is 4. The van der Waals surface area contributed by atoms with E-state index in [-0.39, 0.29) is 34.4 Å². The second kappa shape index (κ2) is 21.4. The predicted molar refractivity (Wildman–Crippen MR) is 292 cm³/mol. The first-order valence-corrected chi connectivity index (χ1v) is 28.0. The molecular weight excluding hydrogens is 992 g/mol. The molecule has 6 aromatic rings. The van der Waals surface area contributed by atoms with E-state index in [1.54, 1.807) is 31.5 Å². The number of aromatic amines is 1. The average Bonchev–Trinajstić information content (AvgIpc) is 3.86. The Labute approximate surface area is 444 Å². The Bertz CT molecular complexity index is 3180. The van der Waals surface area contributed by atoms with E-state index < -0.39 is 37.0 Å². The minimum atomic E-state index is -4.59. The van der Waals surface area contributed by atoms with Gasteiger partial charge in [0.15, 0.2) is 0 Å². The Hall–Kier alpha value is -6.24. The lowest BCUT2D eigenvalue weighted by Gasteiger charge is -2.58. The zero-order valence-corrected chi connectivity index (χ0v) is 44.6. The highest BCUT2D eigenvalue weighted by atomic mass is 35.5. The number of nitro groups is 1. The van der Waals surface area contributed by atoms with Crippen LogP contribution >= 0.6 is 11.6 Å². The SMILES string of the molecule is COc1ccc(CN2CCN(C3CC4(CCN(c5ccc(C(=O)NS(=O)(=O)c6ccc(NC[C@H]7CC[C@](C)(O)CC7)c([N+](=O)[O-])c6)c(Oc6cnc7[nH]ccc7c6)c5)CC4)C3)C(c3ccccc3C(C)C)C2)cc1Cl. The maximum Gasteiger partial charge on any atom is 0.293 e. The van der Waals surface area contributed by atoms with Crippen molar-refractivity contribution in [2.45, 2.75) is 107 Å². The summed E-state index contributed by atoms with van der Waals surface area (Å²) in [6.07, 6.45) is 10.3. The summed E-state index contributed by atoms with van der Waals surface area (Å²) in [5.41, 5.74) is 4.67. The van der Waals surface area contributed by atoms with Crippen molar-refractivity contribution >= 4 is 55.6 Å². The number of carbonyl (C=O) groups is 1. The van der Waals surface area contributed by atoms with E-state index in [1.165, 1.54) is 35.0 Å². The van der Waals surface area contributed by atoms with Crippen molar-refractivity contribution in [3.63, 3.8) is 0 Å². The highest BCUT2D eigenvalue weighted by Crippen LogP contribution is 2.53. The fourth-order valence-electron chi connectivity index (χ4n) is 12.0. The van der Waals surface area contributed by atoms with E-state index >= 15 is 0 Å². The van der Waals surface area contributed by atoms with E-state index in [1.807, 2.05) is 31.2 Å². The first-order chi connectivity index (χ1) is 35.9. The van der Waals surface area contributed by atoms with E-state index in [4.69, 9.17) is 21.1 Å². The number of carbonyl (C=O) groups excluding carboxylic acids is 1. The number of methoxy groups -OCH3 is 1. The highest BCUT2D eigenvalue weighted by Gasteiger charge is 2.50. The molecule has 2 saturated heterocycles. The summed E-state index contributed by atoms with van der Waals surface area (Å²) >= 11 is 6.56. The minimum absolute atomic E-state index is 0.0347. The van der Waals surface area contributed by atoms with Crippen molar-refractivity contribution in [3.05, 3.63) is 141 Å². The number of amides is 1. The van der Waals surface area contributed by atoms with Crippen molar-refractivity contribution in [3.8, 4) is 17.2 Å². The molecule has 18 heteroatoms. The van der Waals surface area contributed by atoms with Gasteiger partial charge in [-0.3, -0.25) is 24.7 Å². The number of piperidine rings is 1. The van der Waals surface area contributed by atoms with Gasteiger partial charge in [-0.2, -0.15) is 0 Å². The van der Waals surface area contributed by atoms with E-state index in [2.05, 4.69) is 78.9 Å². The molecule has 4 aliphatic rings. The number of fused-ring (bicyclic) bond motifs is 1. The first kappa shape index (κ1) is 52.2. The molecule has 4 N–H and O–H groups in total. The molecule has 1 spiro atoms. The number of anilines is 2. The van der Waals surface area contributed by atoms with Gasteiger partial charge in [-0.1, -0.05) is 55.8 Å². The Morgan fingerprint density at radius 3 is 2.47 bits per heavy atom. The number of halogens is 1. The highest BCUT2D eigenvalue weighted by molar-refractivity contribution is 7.90. The minimum Gasteiger partial charge on any atom is -0.495 e. The lowest BCUT2D eigenvalue weighted by Crippen LogP contribution is -2.60. The van der Waals surface area contributed by atoms with Crippen LogP contribution in [0.4, 0.5) is 17.1 Å². The summed E-state index contributed by atoms with van der Waals surface area (Å²) < 4.78 is 41.7. The van der Waals surface area contributed by atoms with Gasteiger partial charge in [0.1, 0.15) is 28.6 Å². The summed E-state index contributed by atoms with van der Waals surface area (Å²) in [6, 6.07) is 28.1. The molecule has 16 nitrogen and oxygen atoms in total. The largest absolute Gasteiger partial charge is 0.495 e. The number of hydrogen-bond acceptors (Lipinski definition) is 13. The number of piperazine rings is 1. The third-order valence-electron chi connectivity index (χ3n) is 16.4. The van der Waals surface area contributed by atoms with Gasteiger partial charge in [-0.15, -0.1) is 0 Å². The van der Waals surface area contributed by atoms with Crippen LogP contribution in [0.3, 0.4) is 0 Å².